The van der Waals surface area contributed by atoms with Gasteiger partial charge in [0.1, 0.15) is 6.10 Å². The van der Waals surface area contributed by atoms with Crippen LogP contribution in [0.3, 0.4) is 0 Å². The predicted molar refractivity (Wildman–Crippen MR) is 218 cm³/mol. The van der Waals surface area contributed by atoms with Crippen molar-refractivity contribution in [2.75, 3.05) is 6.61 Å². The van der Waals surface area contributed by atoms with Crippen LogP contribution in [0.15, 0.2) is 24.3 Å². The molecule has 0 aliphatic carbocycles. The van der Waals surface area contributed by atoms with Gasteiger partial charge in [0, 0.05) is 6.42 Å². The van der Waals surface area contributed by atoms with Crippen molar-refractivity contribution in [1.82, 2.24) is 5.32 Å². The molecule has 0 spiro atoms. The van der Waals surface area contributed by atoms with Crippen LogP contribution in [-0.2, 0) is 14.3 Å². The van der Waals surface area contributed by atoms with E-state index in [2.05, 4.69) is 50.4 Å². The van der Waals surface area contributed by atoms with E-state index in [4.69, 9.17) is 4.74 Å². The molecule has 51 heavy (non-hydrogen) atoms. The maximum atomic E-state index is 13.0. The molecule has 6 nitrogen and oxygen atoms in total. The molecule has 6 heteroatoms. The molecule has 0 aromatic carbocycles. The third-order valence-electron chi connectivity index (χ3n) is 9.98. The van der Waals surface area contributed by atoms with Gasteiger partial charge in [-0.2, -0.15) is 0 Å². The summed E-state index contributed by atoms with van der Waals surface area (Å²) in [6, 6.07) is -0.702. The molecule has 0 heterocycles. The lowest BCUT2D eigenvalue weighted by atomic mass is 10.0. The Morgan fingerprint density at radius 1 is 0.549 bits per heavy atom. The Labute approximate surface area is 316 Å². The molecule has 3 atom stereocenters. The fraction of sp³-hybridized carbons (Fsp3) is 0.867. The molecule has 0 aromatic rings. The van der Waals surface area contributed by atoms with Crippen molar-refractivity contribution in [3.05, 3.63) is 24.3 Å². The number of hydrogen-bond donors (Lipinski definition) is 3. The van der Waals surface area contributed by atoms with Crippen LogP contribution in [0, 0.1) is 0 Å². The minimum Gasteiger partial charge on any atom is -0.462 e. The first kappa shape index (κ1) is 49.3. The van der Waals surface area contributed by atoms with Gasteiger partial charge in [-0.1, -0.05) is 167 Å². The van der Waals surface area contributed by atoms with Gasteiger partial charge in [0.2, 0.25) is 5.91 Å². The number of amides is 1. The molecule has 0 aliphatic rings. The first-order chi connectivity index (χ1) is 25.0. The van der Waals surface area contributed by atoms with Gasteiger partial charge in [0.05, 0.1) is 25.2 Å². The van der Waals surface area contributed by atoms with Gasteiger partial charge in [-0.05, 0) is 70.6 Å². The smallest absolute Gasteiger partial charge is 0.306 e. The van der Waals surface area contributed by atoms with E-state index in [1.165, 1.54) is 96.3 Å². The molecule has 0 aromatic heterocycles. The minimum absolute atomic E-state index is 0.0627. The Bertz CT molecular complexity index is 812. The summed E-state index contributed by atoms with van der Waals surface area (Å²) in [5.41, 5.74) is 0. The third-order valence-corrected chi connectivity index (χ3v) is 9.98. The lowest BCUT2D eigenvalue weighted by molar-refractivity contribution is -0.151. The second-order valence-corrected chi connectivity index (χ2v) is 15.1. The summed E-state index contributed by atoms with van der Waals surface area (Å²) in [6.45, 7) is 6.38. The molecule has 0 saturated heterocycles. The third kappa shape index (κ3) is 35.2. The van der Waals surface area contributed by atoms with Gasteiger partial charge >= 0.3 is 5.97 Å². The van der Waals surface area contributed by atoms with Crippen LogP contribution in [-0.4, -0.2) is 46.9 Å². The first-order valence-electron chi connectivity index (χ1n) is 22.1. The Hall–Kier alpha value is -1.66. The zero-order valence-corrected chi connectivity index (χ0v) is 34.0. The topological polar surface area (TPSA) is 95.9 Å². The second kappa shape index (κ2) is 39.5. The molecule has 300 valence electrons. The molecule has 3 N–H and O–H groups in total. The zero-order chi connectivity index (χ0) is 37.5. The van der Waals surface area contributed by atoms with Crippen LogP contribution < -0.4 is 5.32 Å². The van der Waals surface area contributed by atoms with E-state index < -0.39 is 18.2 Å². The van der Waals surface area contributed by atoms with Crippen LogP contribution in [0.5, 0.6) is 0 Å². The maximum Gasteiger partial charge on any atom is 0.306 e. The summed E-state index contributed by atoms with van der Waals surface area (Å²) < 4.78 is 5.85. The second-order valence-electron chi connectivity index (χ2n) is 15.1. The van der Waals surface area contributed by atoms with Crippen LogP contribution in [0.1, 0.15) is 226 Å². The van der Waals surface area contributed by atoms with Crippen molar-refractivity contribution in [3.63, 3.8) is 0 Å². The summed E-state index contributed by atoms with van der Waals surface area (Å²) in [6.07, 6.45) is 42.4. The van der Waals surface area contributed by atoms with Crippen LogP contribution >= 0.6 is 0 Å². The normalized spacial score (nSPS) is 13.6. The molecule has 0 bridgehead atoms. The fourth-order valence-electron chi connectivity index (χ4n) is 6.60. The van der Waals surface area contributed by atoms with Gasteiger partial charge in [-0.15, -0.1) is 0 Å². The highest BCUT2D eigenvalue weighted by atomic mass is 16.5. The summed E-state index contributed by atoms with van der Waals surface area (Å²) >= 11 is 0. The Morgan fingerprint density at radius 3 is 1.49 bits per heavy atom. The van der Waals surface area contributed by atoms with Gasteiger partial charge < -0.3 is 20.3 Å². The van der Waals surface area contributed by atoms with Crippen LogP contribution in [0.2, 0.25) is 0 Å². The van der Waals surface area contributed by atoms with Crippen molar-refractivity contribution >= 4 is 11.9 Å². The number of rotatable bonds is 39. The molecular formula is C45H85NO5. The molecule has 0 rings (SSSR count). The Morgan fingerprint density at radius 2 is 0.980 bits per heavy atom. The van der Waals surface area contributed by atoms with Gasteiger partial charge in [-0.3, -0.25) is 9.59 Å². The van der Waals surface area contributed by atoms with Gasteiger partial charge in [0.15, 0.2) is 0 Å². The molecule has 0 saturated carbocycles. The van der Waals surface area contributed by atoms with Gasteiger partial charge in [-0.25, -0.2) is 0 Å². The quantitative estimate of drug-likeness (QED) is 0.0334. The zero-order valence-electron chi connectivity index (χ0n) is 34.0. The van der Waals surface area contributed by atoms with Crippen molar-refractivity contribution in [3.8, 4) is 0 Å². The lowest BCUT2D eigenvalue weighted by Crippen LogP contribution is -2.46. The number of ether oxygens (including phenoxy) is 1. The standard InChI is InChI=1S/C45H85NO5/c1-4-7-10-13-16-19-21-22-24-26-29-32-35-38-45(50)51-41(36-33-30-27-18-15-12-9-6-3)39-44(49)46-42(40-47)43(48)37-34-31-28-25-23-20-17-14-11-8-5-2/h12,15,22,24,41-43,47-48H,4-11,13-14,16-21,23,25-40H2,1-3H3,(H,46,49)/b15-12-,24-22-. The molecular weight excluding hydrogens is 634 g/mol. The molecule has 0 fully saturated rings. The molecule has 3 unspecified atom stereocenters. The van der Waals surface area contributed by atoms with E-state index >= 15 is 0 Å². The summed E-state index contributed by atoms with van der Waals surface area (Å²) in [5, 5.41) is 23.5. The maximum absolute atomic E-state index is 13.0. The molecule has 1 amide bonds. The number of aliphatic hydroxyl groups is 2. The predicted octanol–water partition coefficient (Wildman–Crippen LogP) is 12.4. The van der Waals surface area contributed by atoms with Crippen molar-refractivity contribution in [2.45, 2.75) is 244 Å². The van der Waals surface area contributed by atoms with Crippen molar-refractivity contribution < 1.29 is 24.5 Å². The average molecular weight is 720 g/mol. The highest BCUT2D eigenvalue weighted by Gasteiger charge is 2.24. The summed E-state index contributed by atoms with van der Waals surface area (Å²) in [4.78, 5) is 25.8. The van der Waals surface area contributed by atoms with E-state index in [9.17, 15) is 19.8 Å². The SMILES string of the molecule is CCC/C=C\CCCCCC(CC(=O)NC(CO)C(O)CCCCCCCCCCCCC)OC(=O)CCCCC/C=C\CCCCCCCC. The van der Waals surface area contributed by atoms with E-state index in [1.807, 2.05) is 0 Å². The highest BCUT2D eigenvalue weighted by molar-refractivity contribution is 5.77. The fourth-order valence-corrected chi connectivity index (χ4v) is 6.60. The summed E-state index contributed by atoms with van der Waals surface area (Å²) in [5.74, 6) is -0.510. The monoisotopic (exact) mass is 720 g/mol. The van der Waals surface area contributed by atoms with Crippen LogP contribution in [0.4, 0.5) is 0 Å². The van der Waals surface area contributed by atoms with E-state index in [-0.39, 0.29) is 24.9 Å². The number of carbonyl (C=O) groups excluding carboxylic acids is 2. The highest BCUT2D eigenvalue weighted by Crippen LogP contribution is 2.17. The number of esters is 1. The minimum atomic E-state index is -0.787. The summed E-state index contributed by atoms with van der Waals surface area (Å²) in [7, 11) is 0. The van der Waals surface area contributed by atoms with E-state index in [0.717, 1.165) is 83.5 Å². The number of unbranched alkanes of at least 4 members (excludes halogenated alkanes) is 23. The number of aliphatic hydroxyl groups excluding tert-OH is 2. The van der Waals surface area contributed by atoms with E-state index in [0.29, 0.717) is 19.3 Å². The van der Waals surface area contributed by atoms with Crippen LogP contribution in [0.25, 0.3) is 0 Å². The molecule has 0 aliphatic heterocycles. The average Bonchev–Trinajstić information content (AvgIpc) is 3.12. The number of carbonyl (C=O) groups is 2. The molecule has 0 radical (unpaired) electrons. The number of allylic oxidation sites excluding steroid dienone is 4. The first-order valence-corrected chi connectivity index (χ1v) is 22.1. The van der Waals surface area contributed by atoms with Gasteiger partial charge in [0.25, 0.3) is 0 Å². The van der Waals surface area contributed by atoms with E-state index in [1.54, 1.807) is 0 Å². The Kier molecular flexibility index (Phi) is 38.3. The lowest BCUT2D eigenvalue weighted by Gasteiger charge is -2.24. The Balaban J connectivity index is 4.53. The number of nitrogens with one attached hydrogen (secondary N) is 1. The number of hydrogen-bond acceptors (Lipinski definition) is 5. The van der Waals surface area contributed by atoms with Crippen molar-refractivity contribution in [2.24, 2.45) is 0 Å². The largest absolute Gasteiger partial charge is 0.462 e. The van der Waals surface area contributed by atoms with Crippen molar-refractivity contribution in [1.29, 1.82) is 0 Å².